The average Bonchev–Trinajstić information content (AvgIpc) is 3.87. The summed E-state index contributed by atoms with van der Waals surface area (Å²) in [5.41, 5.74) is 16.1. The predicted octanol–water partition coefficient (Wildman–Crippen LogP) is 15.9. The minimum atomic E-state index is 0. The SMILES string of the molecule is CC(C)c1cccc(C(C)C)c1N1[C]N(c2c(C(C)C)cccc2C(C)C)C=C1.CC(C)c1cccc(C(C)C)c1N1[C]N(c2c(C(C)C)cccc2C(C)C)C=C1.[Pt]. The zero-order chi connectivity index (χ0) is 42.6. The van der Waals surface area contributed by atoms with Gasteiger partial charge in [-0.05, 0) is 91.9 Å². The van der Waals surface area contributed by atoms with E-state index in [1.165, 1.54) is 67.3 Å². The second-order valence-corrected chi connectivity index (χ2v) is 18.7. The van der Waals surface area contributed by atoms with Gasteiger partial charge in [-0.25, -0.2) is 0 Å². The van der Waals surface area contributed by atoms with Crippen molar-refractivity contribution in [2.24, 2.45) is 0 Å². The molecule has 0 amide bonds. The molecule has 0 unspecified atom stereocenters. The summed E-state index contributed by atoms with van der Waals surface area (Å²) < 4.78 is 0. The van der Waals surface area contributed by atoms with E-state index in [1.807, 2.05) is 0 Å². The van der Waals surface area contributed by atoms with Gasteiger partial charge >= 0.3 is 0 Å². The summed E-state index contributed by atoms with van der Waals surface area (Å²) in [6.07, 6.45) is 8.64. The Morgan fingerprint density at radius 3 is 0.525 bits per heavy atom. The fourth-order valence-electron chi connectivity index (χ4n) is 8.29. The first kappa shape index (κ1) is 47.9. The summed E-state index contributed by atoms with van der Waals surface area (Å²) in [7, 11) is 0. The van der Waals surface area contributed by atoms with Gasteiger partial charge in [-0.15, -0.1) is 0 Å². The Balaban J connectivity index is 0.000000256. The Bertz CT molecular complexity index is 1650. The summed E-state index contributed by atoms with van der Waals surface area (Å²) in [5.74, 6) is 3.68. The molecule has 2 aliphatic heterocycles. The average molecular weight is 972 g/mol. The molecule has 59 heavy (non-hydrogen) atoms. The normalized spacial score (nSPS) is 14.1. The summed E-state index contributed by atoms with van der Waals surface area (Å²) >= 11 is 0. The molecule has 0 saturated heterocycles. The van der Waals surface area contributed by atoms with Crippen LogP contribution in [0.3, 0.4) is 0 Å². The van der Waals surface area contributed by atoms with E-state index in [0.717, 1.165) is 0 Å². The van der Waals surface area contributed by atoms with Gasteiger partial charge in [-0.3, -0.25) is 0 Å². The Morgan fingerprint density at radius 2 is 0.407 bits per heavy atom. The van der Waals surface area contributed by atoms with Crippen molar-refractivity contribution in [1.29, 1.82) is 0 Å². The largest absolute Gasteiger partial charge is 0.315 e. The number of nitrogens with zero attached hydrogens (tertiary/aromatic N) is 4. The van der Waals surface area contributed by atoms with E-state index in [0.29, 0.717) is 47.3 Å². The molecule has 0 N–H and O–H groups in total. The van der Waals surface area contributed by atoms with E-state index in [4.69, 9.17) is 0 Å². The van der Waals surface area contributed by atoms with Crippen LogP contribution in [-0.2, 0) is 21.1 Å². The Labute approximate surface area is 375 Å². The molecule has 0 atom stereocenters. The van der Waals surface area contributed by atoms with Crippen molar-refractivity contribution in [2.75, 3.05) is 19.6 Å². The molecule has 5 heteroatoms. The van der Waals surface area contributed by atoms with Gasteiger partial charge in [0.2, 0.25) is 13.3 Å². The van der Waals surface area contributed by atoms with Crippen LogP contribution >= 0.6 is 0 Å². The fourth-order valence-corrected chi connectivity index (χ4v) is 8.29. The third-order valence-corrected chi connectivity index (χ3v) is 11.5. The topological polar surface area (TPSA) is 13.0 Å². The number of para-hydroxylation sites is 4. The number of hydrogen-bond donors (Lipinski definition) is 0. The summed E-state index contributed by atoms with van der Waals surface area (Å²) in [5, 5.41) is 0. The van der Waals surface area contributed by atoms with Crippen LogP contribution in [0.5, 0.6) is 0 Å². The standard InChI is InChI=1S/2C27H36N2.Pt/c2*1-18(2)22-11-9-12-23(19(3)4)26(22)28-15-16-29(17-28)27-24(20(5)6)13-10-14-25(27)21(7)8;/h2*9-16,18-21H,1-8H3;. The molecule has 0 aliphatic carbocycles. The first-order chi connectivity index (χ1) is 27.4. The van der Waals surface area contributed by atoms with E-state index in [-0.39, 0.29) is 21.1 Å². The zero-order valence-corrected chi connectivity index (χ0v) is 41.2. The van der Waals surface area contributed by atoms with E-state index >= 15 is 0 Å². The number of hydrogen-bond acceptors (Lipinski definition) is 4. The zero-order valence-electron chi connectivity index (χ0n) is 39.0. The molecule has 4 aromatic carbocycles. The Morgan fingerprint density at radius 1 is 0.271 bits per heavy atom. The molecule has 0 spiro atoms. The Hall–Kier alpha value is -3.75. The molecule has 4 radical (unpaired) electrons. The molecule has 0 fully saturated rings. The maximum Gasteiger partial charge on any atom is 0.217 e. The molecule has 0 saturated carbocycles. The smallest absolute Gasteiger partial charge is 0.217 e. The van der Waals surface area contributed by atoms with Crippen LogP contribution in [-0.4, -0.2) is 0 Å². The van der Waals surface area contributed by atoms with Gasteiger partial charge < -0.3 is 19.6 Å². The molecule has 2 aliphatic rings. The van der Waals surface area contributed by atoms with E-state index < -0.39 is 0 Å². The quantitative estimate of drug-likeness (QED) is 0.140. The second-order valence-electron chi connectivity index (χ2n) is 18.7. The van der Waals surface area contributed by atoms with Crippen LogP contribution in [0.2, 0.25) is 0 Å². The van der Waals surface area contributed by atoms with Crippen LogP contribution in [0.25, 0.3) is 0 Å². The van der Waals surface area contributed by atoms with Crippen molar-refractivity contribution in [3.8, 4) is 0 Å². The molecule has 4 aromatic rings. The number of anilines is 4. The van der Waals surface area contributed by atoms with Gasteiger partial charge in [0.1, 0.15) is 0 Å². The molecule has 2 heterocycles. The van der Waals surface area contributed by atoms with Crippen LogP contribution in [0.1, 0.15) is 203 Å². The van der Waals surface area contributed by atoms with Gasteiger partial charge in [0.05, 0.1) is 22.7 Å². The van der Waals surface area contributed by atoms with Crippen molar-refractivity contribution in [1.82, 2.24) is 0 Å². The van der Waals surface area contributed by atoms with Crippen molar-refractivity contribution in [3.05, 3.63) is 155 Å². The summed E-state index contributed by atoms with van der Waals surface area (Å²) in [6, 6.07) is 26.8. The molecule has 318 valence electrons. The minimum Gasteiger partial charge on any atom is -0.315 e. The van der Waals surface area contributed by atoms with E-state index in [1.54, 1.807) is 0 Å². The number of rotatable bonds is 12. The van der Waals surface area contributed by atoms with Gasteiger partial charge in [-0.2, -0.15) is 0 Å². The fraction of sp³-hybridized carbons (Fsp3) is 0.444. The first-order valence-corrected chi connectivity index (χ1v) is 22.0. The van der Waals surface area contributed by atoms with Crippen LogP contribution in [0.4, 0.5) is 22.7 Å². The monoisotopic (exact) mass is 972 g/mol. The first-order valence-electron chi connectivity index (χ1n) is 22.0. The van der Waals surface area contributed by atoms with Gasteiger partial charge in [-0.1, -0.05) is 184 Å². The molecular weight excluding hydrogens is 900 g/mol. The van der Waals surface area contributed by atoms with E-state index in [9.17, 15) is 0 Å². The maximum absolute atomic E-state index is 3.66. The van der Waals surface area contributed by atoms with Crippen molar-refractivity contribution < 1.29 is 21.1 Å². The second kappa shape index (κ2) is 20.7. The minimum absolute atomic E-state index is 0. The van der Waals surface area contributed by atoms with Gasteiger partial charge in [0.25, 0.3) is 0 Å². The van der Waals surface area contributed by atoms with Gasteiger partial charge in [0, 0.05) is 45.9 Å². The van der Waals surface area contributed by atoms with Crippen molar-refractivity contribution >= 4 is 22.7 Å². The molecule has 0 aromatic heterocycles. The molecule has 4 nitrogen and oxygen atoms in total. The molecule has 6 rings (SSSR count). The number of benzene rings is 4. The van der Waals surface area contributed by atoms with Crippen molar-refractivity contribution in [3.63, 3.8) is 0 Å². The van der Waals surface area contributed by atoms with E-state index in [2.05, 4.69) is 241 Å². The van der Waals surface area contributed by atoms with Crippen LogP contribution < -0.4 is 19.6 Å². The maximum atomic E-state index is 3.66. The molecule has 0 bridgehead atoms. The molecular formula is C54H72N4Pt. The van der Waals surface area contributed by atoms with Gasteiger partial charge in [0.15, 0.2) is 0 Å². The van der Waals surface area contributed by atoms with Crippen LogP contribution in [0, 0.1) is 13.3 Å². The Kier molecular flexibility index (Phi) is 16.8. The summed E-state index contributed by atoms with van der Waals surface area (Å²) in [4.78, 5) is 8.80. The predicted molar refractivity (Wildman–Crippen MR) is 253 cm³/mol. The van der Waals surface area contributed by atoms with Crippen LogP contribution in [0.15, 0.2) is 97.6 Å². The third-order valence-electron chi connectivity index (χ3n) is 11.5. The van der Waals surface area contributed by atoms with Crippen molar-refractivity contribution in [2.45, 2.75) is 158 Å². The summed E-state index contributed by atoms with van der Waals surface area (Å²) in [6.45, 7) is 43.6. The third kappa shape index (κ3) is 10.6.